The molecular weight excluding hydrogens is 1760 g/mol. The second-order valence-electron chi connectivity index (χ2n) is 23.1. The summed E-state index contributed by atoms with van der Waals surface area (Å²) in [7, 11) is 0. The summed E-state index contributed by atoms with van der Waals surface area (Å²) in [5.74, 6) is -0.382. The summed E-state index contributed by atoms with van der Waals surface area (Å²) >= 11 is 17.8. The standard InChI is InChI=1S/2C11H11ClN.C11H11FN.C11H9N2.C11H12N.C10H9ClN.C10H9FN.C10H10N.8Co/c1-3-8-6-13-11-7(2)4-9(12)5-10(8)11;2*1-2-6-13-7-5-9-3-4-10(12)8-11(9)13;1-2-13-6-5-10-4-3-9(8-12)7-11(10)13;1-2-8-12-9-7-10-5-3-4-6-11(10)12;2*1-2-12-6-5-8-3-4-9(11)7-10(8)12;1-2-11-8-7-9-5-3-4-6-10(9)11;;;;;;;;/h4-6,13H,1,3H2,2H3;2*3-5,7-8H,1-2,6H2;3-7H,1-2H2;3-7,9H,1-2,8H2;2*3-7H,1-2H2;3-8H,1-2H2;;;;;;;;/q8*-1;;;;;;;;. The van der Waals surface area contributed by atoms with E-state index in [1.54, 1.807) is 18.2 Å². The summed E-state index contributed by atoms with van der Waals surface area (Å²) in [4.78, 5) is 3.24. The van der Waals surface area contributed by atoms with Crippen molar-refractivity contribution >= 4 is 122 Å². The number of nitrogens with one attached hydrogen (secondary N) is 1. The van der Waals surface area contributed by atoms with Crippen LogP contribution in [0.3, 0.4) is 0 Å². The van der Waals surface area contributed by atoms with E-state index in [4.69, 9.17) is 40.1 Å². The number of nitrogens with zero attached hydrogens (tertiary/aromatic N) is 8. The minimum Gasteiger partial charge on any atom is -0.378 e. The number of para-hydroxylation sites is 2. The van der Waals surface area contributed by atoms with Crippen molar-refractivity contribution in [1.29, 1.82) is 5.26 Å². The molecule has 0 unspecified atom stereocenters. The average Bonchev–Trinajstić information content (AvgIpc) is 1.70. The molecule has 8 radical (unpaired) electrons. The number of hydrogen-bond acceptors (Lipinski definition) is 1. The molecule has 0 aliphatic rings. The molecule has 0 fully saturated rings. The van der Waals surface area contributed by atoms with Crippen LogP contribution in [0, 0.1) is 85.3 Å². The van der Waals surface area contributed by atoms with Gasteiger partial charge in [-0.2, -0.15) is 30.9 Å². The monoisotopic (exact) mass is 1840 g/mol. The molecule has 0 spiro atoms. The fourth-order valence-corrected chi connectivity index (χ4v) is 12.3. The van der Waals surface area contributed by atoms with Gasteiger partial charge in [-0.3, -0.25) is 0 Å². The molecule has 22 heteroatoms. The minimum atomic E-state index is -0.198. The first-order chi connectivity index (χ1) is 48.1. The molecule has 16 aromatic rings. The van der Waals surface area contributed by atoms with E-state index in [2.05, 4.69) is 183 Å². The summed E-state index contributed by atoms with van der Waals surface area (Å²) in [6.45, 7) is 38.3. The van der Waals surface area contributed by atoms with E-state index < -0.39 is 0 Å². The van der Waals surface area contributed by atoms with Crippen molar-refractivity contribution in [3.05, 3.63) is 342 Å². The zero-order valence-electron chi connectivity index (χ0n) is 58.7. The van der Waals surface area contributed by atoms with Crippen LogP contribution in [-0.2, 0) is 186 Å². The Hall–Kier alpha value is -5.65. The van der Waals surface area contributed by atoms with Gasteiger partial charge in [-0.05, 0) is 209 Å². The van der Waals surface area contributed by atoms with Crippen LogP contribution in [0.2, 0.25) is 15.1 Å². The Morgan fingerprint density at radius 1 is 0.355 bits per heavy atom. The van der Waals surface area contributed by atoms with Gasteiger partial charge in [-0.1, -0.05) is 95.0 Å². The van der Waals surface area contributed by atoms with Gasteiger partial charge in [0.15, 0.2) is 0 Å². The summed E-state index contributed by atoms with van der Waals surface area (Å²) in [5.41, 5.74) is 12.1. The van der Waals surface area contributed by atoms with Gasteiger partial charge in [-0.25, -0.2) is 8.78 Å². The maximum atomic E-state index is 12.9. The molecule has 0 amide bonds. The number of aryl methyl sites for hydroxylation is 4. The Morgan fingerprint density at radius 2 is 0.673 bits per heavy atom. The SMILES string of the molecule is [CH2-]CCn1ccc2ccc(Cl)cc21.[CH2-]CCn1ccc2ccc(F)cc21.[CH2-]CCn1ccc2ccccc21.[CH2-]Cc1c[nH]c2c(C)cc(Cl)cc12.[CH2-]Cn1ccc2ccc(C#N)cc21.[CH2-]Cn1ccc2ccc(Cl)cc21.[CH2-]Cn1ccc2ccc(F)cc21.[CH2-]Cn1ccc2ccccc21.[Co].[Co].[Co].[Co].[Co].[Co].[Co].[Co]. The van der Waals surface area contributed by atoms with Crippen molar-refractivity contribution in [3.8, 4) is 6.07 Å². The molecule has 0 saturated heterocycles. The second kappa shape index (κ2) is 50.3. The number of nitriles is 1. The number of benzene rings is 8. The molecule has 8 aromatic carbocycles. The number of hydrogen-bond donors (Lipinski definition) is 1. The average molecular weight is 1850 g/mol. The minimum absolute atomic E-state index is 0. The van der Waals surface area contributed by atoms with Crippen LogP contribution in [0.5, 0.6) is 0 Å². The third kappa shape index (κ3) is 26.8. The van der Waals surface area contributed by atoms with Gasteiger partial charge < -0.3 is 92.3 Å². The summed E-state index contributed by atoms with van der Waals surface area (Å²) in [6.07, 6.45) is 19.6. The third-order valence-electron chi connectivity index (χ3n) is 16.7. The van der Waals surface area contributed by atoms with Gasteiger partial charge in [0.2, 0.25) is 0 Å². The van der Waals surface area contributed by atoms with E-state index in [-0.39, 0.29) is 146 Å². The zero-order valence-corrected chi connectivity index (χ0v) is 69.3. The number of H-pyrrole nitrogens is 1. The fraction of sp³-hybridized carbons (Fsp3) is 0.141. The Labute approximate surface area is 726 Å². The van der Waals surface area contributed by atoms with E-state index >= 15 is 0 Å². The van der Waals surface area contributed by atoms with E-state index in [0.29, 0.717) is 18.7 Å². The fourth-order valence-electron chi connectivity index (χ4n) is 11.7. The predicted octanol–water partition coefficient (Wildman–Crippen LogP) is 23.4. The molecule has 582 valence electrons. The molecule has 107 heavy (non-hydrogen) atoms. The summed E-state index contributed by atoms with van der Waals surface area (Å²) in [5, 5.41) is 20.6. The molecule has 0 saturated carbocycles. The first kappa shape index (κ1) is 99.4. The second-order valence-corrected chi connectivity index (χ2v) is 24.5. The Bertz CT molecular complexity index is 5130. The van der Waals surface area contributed by atoms with E-state index in [0.717, 1.165) is 112 Å². The van der Waals surface area contributed by atoms with E-state index in [9.17, 15) is 8.78 Å². The molecular formula is C85H82Cl3Co8F2N9-8. The number of aromatic amines is 1. The van der Waals surface area contributed by atoms with Gasteiger partial charge in [0.25, 0.3) is 0 Å². The van der Waals surface area contributed by atoms with Crippen LogP contribution < -0.4 is 0 Å². The third-order valence-corrected chi connectivity index (χ3v) is 17.4. The molecule has 1 N–H and O–H groups in total. The smallest absolute Gasteiger partial charge is 0.125 e. The van der Waals surface area contributed by atoms with Crippen LogP contribution in [0.15, 0.2) is 244 Å². The first-order valence-electron chi connectivity index (χ1n) is 32.8. The van der Waals surface area contributed by atoms with Gasteiger partial charge in [0.1, 0.15) is 11.6 Å². The van der Waals surface area contributed by atoms with Crippen LogP contribution in [0.25, 0.3) is 87.2 Å². The molecule has 9 nitrogen and oxygen atoms in total. The number of fused-ring (bicyclic) bond motifs is 8. The molecule has 0 aliphatic heterocycles. The Kier molecular flexibility index (Phi) is 46.7. The molecule has 8 heterocycles. The number of rotatable bonds is 11. The van der Waals surface area contributed by atoms with Gasteiger partial charge in [0.05, 0.1) is 17.1 Å². The molecule has 0 aliphatic carbocycles. The van der Waals surface area contributed by atoms with Crippen LogP contribution in [-0.4, -0.2) is 37.0 Å². The Balaban J connectivity index is 0.000000605. The largest absolute Gasteiger partial charge is 0.378 e. The van der Waals surface area contributed by atoms with Crippen molar-refractivity contribution in [3.63, 3.8) is 0 Å². The van der Waals surface area contributed by atoms with Crippen molar-refractivity contribution in [2.24, 2.45) is 0 Å². The number of aromatic nitrogens is 8. The van der Waals surface area contributed by atoms with Gasteiger partial charge in [0, 0.05) is 243 Å². The Morgan fingerprint density at radius 3 is 1.07 bits per heavy atom. The van der Waals surface area contributed by atoms with Crippen molar-refractivity contribution in [2.45, 2.75) is 78.4 Å². The van der Waals surface area contributed by atoms with Crippen molar-refractivity contribution in [2.75, 3.05) is 0 Å². The molecule has 16 rings (SSSR count). The van der Waals surface area contributed by atoms with Gasteiger partial charge in [-0.15, -0.1) is 26.2 Å². The maximum absolute atomic E-state index is 12.9. The van der Waals surface area contributed by atoms with Crippen LogP contribution in [0.4, 0.5) is 8.78 Å². The molecule has 8 aromatic heterocycles. The van der Waals surface area contributed by atoms with Crippen LogP contribution in [0.1, 0.15) is 36.0 Å². The van der Waals surface area contributed by atoms with Crippen molar-refractivity contribution in [1.82, 2.24) is 37.0 Å². The van der Waals surface area contributed by atoms with Crippen LogP contribution >= 0.6 is 34.8 Å². The van der Waals surface area contributed by atoms with E-state index in [1.807, 2.05) is 130 Å². The summed E-state index contributed by atoms with van der Waals surface area (Å²) < 4.78 is 40.3. The molecule has 0 bridgehead atoms. The number of halogens is 5. The quantitative estimate of drug-likeness (QED) is 0.129. The maximum Gasteiger partial charge on any atom is 0.125 e. The zero-order chi connectivity index (χ0) is 70.4. The normalized spacial score (nSPS) is 9.95. The molecule has 0 atom stereocenters. The predicted molar refractivity (Wildman–Crippen MR) is 417 cm³/mol. The van der Waals surface area contributed by atoms with E-state index in [1.165, 1.54) is 78.3 Å². The van der Waals surface area contributed by atoms with Gasteiger partial charge >= 0.3 is 0 Å². The van der Waals surface area contributed by atoms with Crippen molar-refractivity contribution < 1.29 is 143 Å². The topological polar surface area (TPSA) is 74.1 Å². The first-order valence-corrected chi connectivity index (χ1v) is 33.9. The summed E-state index contributed by atoms with van der Waals surface area (Å²) in [6, 6.07) is 64.3.